The van der Waals surface area contributed by atoms with Crippen molar-refractivity contribution >= 4 is 11.6 Å². The molecule has 1 aliphatic rings. The number of nitrogens with one attached hydrogen (secondary N) is 1. The number of anilines is 1. The maximum atomic E-state index is 13.2. The smallest absolute Gasteiger partial charge is 0.256 e. The predicted molar refractivity (Wildman–Crippen MR) is 188 cm³/mol. The Morgan fingerprint density at radius 1 is 0.780 bits per heavy atom. The van der Waals surface area contributed by atoms with Crippen LogP contribution in [0.25, 0.3) is 5.69 Å². The lowest BCUT2D eigenvalue weighted by Crippen LogP contribution is -2.32. The number of benzene rings is 4. The topological polar surface area (TPSA) is 118 Å². The van der Waals surface area contributed by atoms with Gasteiger partial charge in [0.25, 0.3) is 5.91 Å². The second kappa shape index (κ2) is 15.6. The predicted octanol–water partition coefficient (Wildman–Crippen LogP) is 5.74. The van der Waals surface area contributed by atoms with Crippen molar-refractivity contribution in [3.8, 4) is 40.2 Å². The molecule has 0 spiro atoms. The van der Waals surface area contributed by atoms with Crippen LogP contribution in [0.5, 0.6) is 34.5 Å². The Balaban J connectivity index is 1.04. The lowest BCUT2D eigenvalue weighted by atomic mass is 9.98. The molecule has 0 fully saturated rings. The molecule has 5 aromatic rings. The molecule has 12 nitrogen and oxygen atoms in total. The summed E-state index contributed by atoms with van der Waals surface area (Å²) in [6.07, 6.45) is 3.76. The van der Waals surface area contributed by atoms with Crippen LogP contribution in [0.2, 0.25) is 0 Å². The largest absolute Gasteiger partial charge is 0.493 e. The lowest BCUT2D eigenvalue weighted by molar-refractivity contribution is 0.102. The van der Waals surface area contributed by atoms with E-state index >= 15 is 0 Å². The fraction of sp³-hybridized carbons (Fsp3) is 0.289. The van der Waals surface area contributed by atoms with Crippen molar-refractivity contribution in [3.63, 3.8) is 0 Å². The molecule has 0 radical (unpaired) electrons. The highest BCUT2D eigenvalue weighted by molar-refractivity contribution is 6.05. The van der Waals surface area contributed by atoms with E-state index in [-0.39, 0.29) is 12.5 Å². The molecule has 0 atom stereocenters. The molecule has 6 rings (SSSR count). The molecule has 12 heteroatoms. The number of carbonyl (C=O) groups excluding carboxylic acids is 1. The van der Waals surface area contributed by atoms with Crippen LogP contribution in [0.3, 0.4) is 0 Å². The SMILES string of the molecule is COc1cc2c(cc1OC)CN(CCc1ccc(-n3cc(COc4ccccc4NC(=O)c4cc(OC)c(OC)c(OC)c4)nn3)cc1)CC2. The van der Waals surface area contributed by atoms with Crippen LogP contribution < -0.4 is 33.7 Å². The molecule has 0 saturated carbocycles. The van der Waals surface area contributed by atoms with Crippen LogP contribution in [0.1, 0.15) is 32.7 Å². The van der Waals surface area contributed by atoms with E-state index in [1.54, 1.807) is 43.2 Å². The number of methoxy groups -OCH3 is 5. The average molecular weight is 680 g/mol. The Hall–Kier alpha value is -5.75. The highest BCUT2D eigenvalue weighted by Gasteiger charge is 2.20. The van der Waals surface area contributed by atoms with E-state index in [9.17, 15) is 4.79 Å². The first-order valence-electron chi connectivity index (χ1n) is 16.2. The summed E-state index contributed by atoms with van der Waals surface area (Å²) in [4.78, 5) is 15.7. The first-order valence-corrected chi connectivity index (χ1v) is 16.2. The second-order valence-corrected chi connectivity index (χ2v) is 11.7. The molecule has 0 bridgehead atoms. The minimum atomic E-state index is -0.363. The van der Waals surface area contributed by atoms with Gasteiger partial charge in [0.2, 0.25) is 5.75 Å². The summed E-state index contributed by atoms with van der Waals surface area (Å²) >= 11 is 0. The molecule has 0 unspecified atom stereocenters. The highest BCUT2D eigenvalue weighted by Crippen LogP contribution is 2.39. The molecule has 0 aliphatic carbocycles. The van der Waals surface area contributed by atoms with E-state index in [4.69, 9.17) is 28.4 Å². The summed E-state index contributed by atoms with van der Waals surface area (Å²) in [7, 11) is 7.86. The maximum absolute atomic E-state index is 13.2. The second-order valence-electron chi connectivity index (χ2n) is 11.7. The first-order chi connectivity index (χ1) is 24.4. The number of nitrogens with zero attached hydrogens (tertiary/aromatic N) is 4. The zero-order chi connectivity index (χ0) is 35.0. The summed E-state index contributed by atoms with van der Waals surface area (Å²) < 4.78 is 34.9. The molecule has 2 heterocycles. The zero-order valence-electron chi connectivity index (χ0n) is 28.9. The summed E-state index contributed by atoms with van der Waals surface area (Å²) in [6.45, 7) is 3.02. The van der Waals surface area contributed by atoms with E-state index in [0.717, 1.165) is 49.7 Å². The number of fused-ring (bicyclic) bond motifs is 1. The molecule has 1 aliphatic heterocycles. The Kier molecular flexibility index (Phi) is 10.7. The number of hydrogen-bond donors (Lipinski definition) is 1. The number of rotatable bonds is 14. The molecule has 1 aromatic heterocycles. The fourth-order valence-corrected chi connectivity index (χ4v) is 5.98. The van der Waals surface area contributed by atoms with Gasteiger partial charge in [-0.3, -0.25) is 9.69 Å². The first kappa shape index (κ1) is 34.1. The van der Waals surface area contributed by atoms with Crippen LogP contribution >= 0.6 is 0 Å². The van der Waals surface area contributed by atoms with Crippen molar-refractivity contribution in [2.24, 2.45) is 0 Å². The van der Waals surface area contributed by atoms with Crippen LogP contribution in [-0.2, 0) is 26.0 Å². The van der Waals surface area contributed by atoms with Crippen molar-refractivity contribution in [2.45, 2.75) is 26.0 Å². The minimum Gasteiger partial charge on any atom is -0.493 e. The van der Waals surface area contributed by atoms with Gasteiger partial charge in [-0.15, -0.1) is 5.10 Å². The summed E-state index contributed by atoms with van der Waals surface area (Å²) in [5.74, 6) is 2.85. The monoisotopic (exact) mass is 679 g/mol. The van der Waals surface area contributed by atoms with Gasteiger partial charge in [-0.05, 0) is 78.1 Å². The Morgan fingerprint density at radius 3 is 2.14 bits per heavy atom. The van der Waals surface area contributed by atoms with Crippen molar-refractivity contribution in [3.05, 3.63) is 107 Å². The minimum absolute atomic E-state index is 0.159. The number of amides is 1. The zero-order valence-corrected chi connectivity index (χ0v) is 28.9. The maximum Gasteiger partial charge on any atom is 0.256 e. The Labute approximate surface area is 291 Å². The van der Waals surface area contributed by atoms with Crippen LogP contribution in [0, 0.1) is 0 Å². The number of para-hydroxylation sites is 2. The molecule has 0 saturated heterocycles. The van der Waals surface area contributed by atoms with Gasteiger partial charge in [-0.1, -0.05) is 29.5 Å². The number of carbonyl (C=O) groups is 1. The van der Waals surface area contributed by atoms with Crippen LogP contribution in [-0.4, -0.2) is 74.4 Å². The highest BCUT2D eigenvalue weighted by atomic mass is 16.5. The molecular weight excluding hydrogens is 638 g/mol. The molecule has 1 amide bonds. The van der Waals surface area contributed by atoms with Crippen LogP contribution in [0.15, 0.2) is 79.0 Å². The van der Waals surface area contributed by atoms with Gasteiger partial charge in [-0.2, -0.15) is 0 Å². The number of hydrogen-bond acceptors (Lipinski definition) is 10. The fourth-order valence-electron chi connectivity index (χ4n) is 5.98. The van der Waals surface area contributed by atoms with E-state index in [2.05, 4.69) is 44.8 Å². The van der Waals surface area contributed by atoms with Gasteiger partial charge < -0.3 is 33.7 Å². The Bertz CT molecular complexity index is 1920. The van der Waals surface area contributed by atoms with E-state index < -0.39 is 0 Å². The van der Waals surface area contributed by atoms with Gasteiger partial charge >= 0.3 is 0 Å². The lowest BCUT2D eigenvalue weighted by Gasteiger charge is -2.29. The molecule has 4 aromatic carbocycles. The molecule has 1 N–H and O–H groups in total. The average Bonchev–Trinajstić information content (AvgIpc) is 3.64. The standard InChI is InChI=1S/C38H41N5O7/c1-45-33-18-26-15-17-42(22-28(26)21-34(33)46-2)16-14-25-10-12-30(13-11-25)43-23-29(40-41-43)24-50-32-9-7-6-8-31(32)39-38(44)27-19-35(47-3)37(49-5)36(20-27)48-4/h6-13,18-21,23H,14-17,22,24H2,1-5H3,(H,39,44). The van der Waals surface area contributed by atoms with Crippen LogP contribution in [0.4, 0.5) is 5.69 Å². The number of aromatic nitrogens is 3. The van der Waals surface area contributed by atoms with Crippen molar-refractivity contribution in [1.82, 2.24) is 19.9 Å². The molecular formula is C38H41N5O7. The summed E-state index contributed by atoms with van der Waals surface area (Å²) in [5, 5.41) is 11.5. The van der Waals surface area contributed by atoms with E-state index in [0.29, 0.717) is 39.9 Å². The normalized spacial score (nSPS) is 12.5. The number of ether oxygens (including phenoxy) is 6. The van der Waals surface area contributed by atoms with E-state index in [1.165, 1.54) is 38.0 Å². The van der Waals surface area contributed by atoms with Gasteiger partial charge in [0.05, 0.1) is 53.1 Å². The summed E-state index contributed by atoms with van der Waals surface area (Å²) in [6, 6.07) is 22.9. The van der Waals surface area contributed by atoms with Gasteiger partial charge in [-0.25, -0.2) is 4.68 Å². The van der Waals surface area contributed by atoms with E-state index in [1.807, 2.05) is 30.5 Å². The third kappa shape index (κ3) is 7.60. The van der Waals surface area contributed by atoms with Crippen molar-refractivity contribution in [1.29, 1.82) is 0 Å². The Morgan fingerprint density at radius 2 is 1.46 bits per heavy atom. The quantitative estimate of drug-likeness (QED) is 0.156. The third-order valence-corrected chi connectivity index (χ3v) is 8.69. The van der Waals surface area contributed by atoms with Crippen molar-refractivity contribution < 1.29 is 33.2 Å². The van der Waals surface area contributed by atoms with Crippen molar-refractivity contribution in [2.75, 3.05) is 54.0 Å². The molecule has 50 heavy (non-hydrogen) atoms. The third-order valence-electron chi connectivity index (χ3n) is 8.69. The van der Waals surface area contributed by atoms with Gasteiger partial charge in [0.1, 0.15) is 18.1 Å². The van der Waals surface area contributed by atoms with Gasteiger partial charge in [0, 0.05) is 25.2 Å². The molecule has 260 valence electrons. The summed E-state index contributed by atoms with van der Waals surface area (Å²) in [5.41, 5.74) is 6.24. The van der Waals surface area contributed by atoms with Gasteiger partial charge in [0.15, 0.2) is 23.0 Å².